The SMILES string of the molecule is CCCc1ccc(-c2cccc3c2C=C(C(C)C)[CH]3[Zr+2]2([CH]3C(C(C)C)=Cc4c(-c5ccc(CCC)cc5)cccc43)[CH]3CCCC[CH]32)cc1.[Cl-].[Cl-]. The third-order valence-electron chi connectivity index (χ3n) is 13.1. The summed E-state index contributed by atoms with van der Waals surface area (Å²) < 4.78 is 3.33. The third-order valence-corrected chi connectivity index (χ3v) is 29.9. The van der Waals surface area contributed by atoms with Crippen LogP contribution in [0.4, 0.5) is 0 Å². The summed E-state index contributed by atoms with van der Waals surface area (Å²) in [5.41, 5.74) is 18.6. The van der Waals surface area contributed by atoms with Crippen molar-refractivity contribution >= 4 is 12.2 Å². The van der Waals surface area contributed by atoms with Crippen LogP contribution >= 0.6 is 0 Å². The largest absolute Gasteiger partial charge is 1.00 e. The molecule has 0 aromatic heterocycles. The van der Waals surface area contributed by atoms with Gasteiger partial charge in [0.25, 0.3) is 0 Å². The van der Waals surface area contributed by atoms with E-state index in [1.54, 1.807) is 33.4 Å². The van der Waals surface area contributed by atoms with Crippen LogP contribution in [-0.2, 0) is 33.1 Å². The van der Waals surface area contributed by atoms with Gasteiger partial charge in [-0.2, -0.15) is 0 Å². The van der Waals surface area contributed by atoms with E-state index in [4.69, 9.17) is 0 Å². The first-order chi connectivity index (χ1) is 23.9. The number of benzene rings is 4. The van der Waals surface area contributed by atoms with Crippen LogP contribution in [0.1, 0.15) is 121 Å². The first-order valence-corrected chi connectivity index (χ1v) is 25.4. The predicted octanol–water partition coefficient (Wildman–Crippen LogP) is 8.14. The van der Waals surface area contributed by atoms with Gasteiger partial charge in [0.1, 0.15) is 0 Å². The Labute approximate surface area is 325 Å². The molecule has 266 valence electrons. The van der Waals surface area contributed by atoms with Crippen LogP contribution in [0, 0.1) is 11.8 Å². The van der Waals surface area contributed by atoms with E-state index in [0.717, 1.165) is 20.1 Å². The van der Waals surface area contributed by atoms with Crippen molar-refractivity contribution < 1.29 is 45.1 Å². The zero-order valence-corrected chi connectivity index (χ0v) is 35.6. The minimum atomic E-state index is -3.08. The summed E-state index contributed by atoms with van der Waals surface area (Å²) in [5, 5.41) is 0. The molecule has 0 nitrogen and oxygen atoms in total. The first-order valence-electron chi connectivity index (χ1n) is 19.8. The molecule has 0 amide bonds. The Kier molecular flexibility index (Phi) is 11.8. The molecule has 4 unspecified atom stereocenters. The second-order valence-electron chi connectivity index (χ2n) is 16.5. The zero-order valence-electron chi connectivity index (χ0n) is 31.6. The summed E-state index contributed by atoms with van der Waals surface area (Å²) in [7, 11) is 0. The van der Waals surface area contributed by atoms with Crippen LogP contribution in [0.2, 0.25) is 7.25 Å². The van der Waals surface area contributed by atoms with E-state index in [1.165, 1.54) is 71.9 Å². The molecule has 1 saturated heterocycles. The quantitative estimate of drug-likeness (QED) is 0.152. The molecule has 1 heterocycles. The fourth-order valence-corrected chi connectivity index (χ4v) is 34.8. The number of hydrogen-bond acceptors (Lipinski definition) is 0. The first kappa shape index (κ1) is 38.5. The van der Waals surface area contributed by atoms with Crippen molar-refractivity contribution in [2.75, 3.05) is 0 Å². The van der Waals surface area contributed by atoms with Gasteiger partial charge in [0.05, 0.1) is 0 Å². The van der Waals surface area contributed by atoms with Crippen molar-refractivity contribution in [2.24, 2.45) is 11.8 Å². The van der Waals surface area contributed by atoms with Crippen molar-refractivity contribution in [2.45, 2.75) is 107 Å². The molecule has 1 saturated carbocycles. The Hall–Kier alpha value is -2.18. The number of rotatable bonds is 10. The van der Waals surface area contributed by atoms with Crippen LogP contribution in [0.15, 0.2) is 96.1 Å². The Morgan fingerprint density at radius 3 is 1.29 bits per heavy atom. The Morgan fingerprint density at radius 2 is 0.941 bits per heavy atom. The van der Waals surface area contributed by atoms with Gasteiger partial charge in [-0.1, -0.05) is 0 Å². The molecule has 3 aliphatic carbocycles. The van der Waals surface area contributed by atoms with Crippen molar-refractivity contribution in [3.63, 3.8) is 0 Å². The van der Waals surface area contributed by atoms with E-state index in [-0.39, 0.29) is 24.8 Å². The second-order valence-corrected chi connectivity index (χ2v) is 27.9. The normalized spacial score (nSPS) is 23.0. The maximum absolute atomic E-state index is 3.08. The minimum absolute atomic E-state index is 0. The molecule has 3 heteroatoms. The molecule has 1 aliphatic heterocycles. The second kappa shape index (κ2) is 15.7. The number of allylic oxidation sites excluding steroid dienone is 2. The van der Waals surface area contributed by atoms with Gasteiger partial charge < -0.3 is 24.8 Å². The number of aryl methyl sites for hydroxylation is 2. The average molecular weight is 795 g/mol. The van der Waals surface area contributed by atoms with Gasteiger partial charge in [0.2, 0.25) is 0 Å². The Morgan fingerprint density at radius 1 is 0.549 bits per heavy atom. The van der Waals surface area contributed by atoms with Crippen LogP contribution in [0.25, 0.3) is 34.4 Å². The summed E-state index contributed by atoms with van der Waals surface area (Å²) >= 11 is -3.08. The molecule has 51 heavy (non-hydrogen) atoms. The van der Waals surface area contributed by atoms with E-state index in [9.17, 15) is 0 Å². The summed E-state index contributed by atoms with van der Waals surface area (Å²) in [6, 6.07) is 33.9. The predicted molar refractivity (Wildman–Crippen MR) is 209 cm³/mol. The molecule has 4 aromatic rings. The van der Waals surface area contributed by atoms with Crippen molar-refractivity contribution in [3.8, 4) is 22.3 Å². The van der Waals surface area contributed by atoms with Crippen molar-refractivity contribution in [1.29, 1.82) is 0 Å². The molecule has 0 bridgehead atoms. The maximum atomic E-state index is 2.71. The van der Waals surface area contributed by atoms with Crippen LogP contribution in [0.5, 0.6) is 0 Å². The maximum Gasteiger partial charge on any atom is -1.00 e. The monoisotopic (exact) mass is 792 g/mol. The van der Waals surface area contributed by atoms with E-state index >= 15 is 0 Å². The van der Waals surface area contributed by atoms with Gasteiger partial charge in [-0.15, -0.1) is 0 Å². The topological polar surface area (TPSA) is 0 Å². The number of fused-ring (bicyclic) bond motifs is 3. The number of halogens is 2. The van der Waals surface area contributed by atoms with Gasteiger partial charge in [-0.3, -0.25) is 0 Å². The van der Waals surface area contributed by atoms with Gasteiger partial charge in [0.15, 0.2) is 0 Å². The van der Waals surface area contributed by atoms with E-state index in [0.29, 0.717) is 19.1 Å². The Balaban J connectivity index is 0.00000224. The van der Waals surface area contributed by atoms with Gasteiger partial charge in [0, 0.05) is 0 Å². The fraction of sp³-hybridized carbons (Fsp3) is 0.417. The molecular formula is C48H56Cl2Zr. The van der Waals surface area contributed by atoms with E-state index < -0.39 is 20.3 Å². The zero-order chi connectivity index (χ0) is 33.9. The summed E-state index contributed by atoms with van der Waals surface area (Å²) in [6.07, 6.45) is 16.0. The molecule has 0 N–H and O–H groups in total. The van der Waals surface area contributed by atoms with Gasteiger partial charge in [-0.05, 0) is 0 Å². The fourth-order valence-electron chi connectivity index (χ4n) is 11.0. The third kappa shape index (κ3) is 6.44. The summed E-state index contributed by atoms with van der Waals surface area (Å²) in [4.78, 5) is 0. The standard InChI is InChI=1S/2C21H23.C6H10.2ClH.Zr/c2*1-4-6-16-9-11-17(12-10-16)20-8-5-7-18-13-19(15(2)3)14-21(18)20;1-2-4-6-5-3-1;;;/h2*5,7-15H,4,6H2,1-3H3;1-2H,3-6H2;2*1H;/q;;;;;+2/p-2. The molecule has 4 atom stereocenters. The van der Waals surface area contributed by atoms with Gasteiger partial charge >= 0.3 is 303 Å². The van der Waals surface area contributed by atoms with Crippen LogP contribution in [0.3, 0.4) is 0 Å². The molecule has 2 fully saturated rings. The molecule has 8 rings (SSSR count). The molecule has 4 aromatic carbocycles. The summed E-state index contributed by atoms with van der Waals surface area (Å²) in [6.45, 7) is 14.5. The minimum Gasteiger partial charge on any atom is -1.00 e. The van der Waals surface area contributed by atoms with Crippen molar-refractivity contribution in [1.82, 2.24) is 0 Å². The van der Waals surface area contributed by atoms with Crippen LogP contribution < -0.4 is 24.8 Å². The van der Waals surface area contributed by atoms with E-state index in [1.807, 2.05) is 0 Å². The van der Waals surface area contributed by atoms with Crippen LogP contribution in [-0.4, -0.2) is 0 Å². The van der Waals surface area contributed by atoms with Gasteiger partial charge in [-0.25, -0.2) is 0 Å². The van der Waals surface area contributed by atoms with E-state index in [2.05, 4.69) is 139 Å². The summed E-state index contributed by atoms with van der Waals surface area (Å²) in [5.74, 6) is 1.13. The molecule has 0 radical (unpaired) electrons. The molecular weight excluding hydrogens is 739 g/mol. The average Bonchev–Trinajstić information content (AvgIpc) is 3.38. The Bertz CT molecular complexity index is 1770. The smallest absolute Gasteiger partial charge is 1.00 e. The van der Waals surface area contributed by atoms with Crippen molar-refractivity contribution in [3.05, 3.63) is 129 Å². The molecule has 0 spiro atoms. The molecule has 4 aliphatic rings. The number of hydrogen-bond donors (Lipinski definition) is 0.